The van der Waals surface area contributed by atoms with E-state index >= 15 is 0 Å². The maximum atomic E-state index is 13.3. The van der Waals surface area contributed by atoms with Crippen LogP contribution in [0.3, 0.4) is 0 Å². The summed E-state index contributed by atoms with van der Waals surface area (Å²) in [5.74, 6) is 1.15. The van der Waals surface area contributed by atoms with Crippen molar-refractivity contribution in [1.82, 2.24) is 14.0 Å². The van der Waals surface area contributed by atoms with Crippen LogP contribution in [0.2, 0.25) is 0 Å². The van der Waals surface area contributed by atoms with Gasteiger partial charge in [-0.25, -0.2) is 4.79 Å². The van der Waals surface area contributed by atoms with Gasteiger partial charge in [-0.2, -0.15) is 0 Å². The van der Waals surface area contributed by atoms with Gasteiger partial charge in [0, 0.05) is 12.6 Å². The number of likely N-dealkylation sites (tertiary alicyclic amines) is 1. The van der Waals surface area contributed by atoms with Crippen LogP contribution in [-0.2, 0) is 17.9 Å². The first kappa shape index (κ1) is 19.9. The quantitative estimate of drug-likeness (QED) is 0.621. The molecule has 2 aliphatic heterocycles. The van der Waals surface area contributed by atoms with Crippen LogP contribution in [0.5, 0.6) is 11.5 Å². The van der Waals surface area contributed by atoms with Crippen LogP contribution in [0.1, 0.15) is 31.7 Å². The number of aromatic nitrogens is 2. The predicted octanol–water partition coefficient (Wildman–Crippen LogP) is 2.40. The van der Waals surface area contributed by atoms with E-state index in [2.05, 4.69) is 0 Å². The highest BCUT2D eigenvalue weighted by atomic mass is 32.1. The average Bonchev–Trinajstić information content (AvgIpc) is 3.43. The second-order valence-corrected chi connectivity index (χ2v) is 8.93. The molecule has 0 bridgehead atoms. The topological polar surface area (TPSA) is 82.8 Å². The SMILES string of the molecule is C[C@@H]1CCCCN1C(=O)Cn1c(=O)n(Cc2ccc3c(c2)OCO3)c(=O)c2sccc21. The summed E-state index contributed by atoms with van der Waals surface area (Å²) < 4.78 is 13.8. The van der Waals surface area contributed by atoms with E-state index in [1.165, 1.54) is 20.5 Å². The molecule has 0 N–H and O–H groups in total. The summed E-state index contributed by atoms with van der Waals surface area (Å²) in [6, 6.07) is 7.25. The molecule has 3 aromatic rings. The minimum absolute atomic E-state index is 0.0716. The van der Waals surface area contributed by atoms with Gasteiger partial charge in [0.05, 0.1) is 12.1 Å². The lowest BCUT2D eigenvalue weighted by Crippen LogP contribution is -2.47. The molecule has 0 unspecified atom stereocenters. The summed E-state index contributed by atoms with van der Waals surface area (Å²) in [4.78, 5) is 41.3. The number of carbonyl (C=O) groups is 1. The highest BCUT2D eigenvalue weighted by Gasteiger charge is 2.25. The third-order valence-corrected chi connectivity index (χ3v) is 6.92. The molecule has 1 atom stereocenters. The van der Waals surface area contributed by atoms with Crippen molar-refractivity contribution in [1.29, 1.82) is 0 Å². The van der Waals surface area contributed by atoms with Crippen LogP contribution in [0.15, 0.2) is 39.2 Å². The van der Waals surface area contributed by atoms with Crippen molar-refractivity contribution in [3.63, 3.8) is 0 Å². The minimum Gasteiger partial charge on any atom is -0.454 e. The predicted molar refractivity (Wildman–Crippen MR) is 117 cm³/mol. The molecule has 31 heavy (non-hydrogen) atoms. The van der Waals surface area contributed by atoms with Gasteiger partial charge in [0.2, 0.25) is 12.7 Å². The second-order valence-electron chi connectivity index (χ2n) is 8.01. The Balaban J connectivity index is 1.53. The van der Waals surface area contributed by atoms with E-state index in [1.807, 2.05) is 17.9 Å². The Morgan fingerprint density at radius 2 is 1.97 bits per heavy atom. The van der Waals surface area contributed by atoms with Crippen LogP contribution in [0, 0.1) is 0 Å². The van der Waals surface area contributed by atoms with E-state index in [9.17, 15) is 14.4 Å². The van der Waals surface area contributed by atoms with E-state index in [4.69, 9.17) is 9.47 Å². The summed E-state index contributed by atoms with van der Waals surface area (Å²) in [6.45, 7) is 2.93. The monoisotopic (exact) mass is 441 g/mol. The van der Waals surface area contributed by atoms with Crippen LogP contribution >= 0.6 is 11.3 Å². The third kappa shape index (κ3) is 3.52. The number of ether oxygens (including phenoxy) is 2. The lowest BCUT2D eigenvalue weighted by atomic mass is 10.0. The molecule has 2 aromatic heterocycles. The highest BCUT2D eigenvalue weighted by Crippen LogP contribution is 2.32. The number of amides is 1. The number of thiophene rings is 1. The minimum atomic E-state index is -0.480. The van der Waals surface area contributed by atoms with Gasteiger partial charge in [-0.15, -0.1) is 11.3 Å². The van der Waals surface area contributed by atoms with E-state index in [-0.39, 0.29) is 37.4 Å². The van der Waals surface area contributed by atoms with Crippen LogP contribution < -0.4 is 20.7 Å². The Kier molecular flexibility index (Phi) is 5.05. The van der Waals surface area contributed by atoms with Gasteiger partial charge in [-0.1, -0.05) is 6.07 Å². The molecule has 162 valence electrons. The van der Waals surface area contributed by atoms with E-state index in [0.717, 1.165) is 24.8 Å². The van der Waals surface area contributed by atoms with Crippen molar-refractivity contribution in [2.24, 2.45) is 0 Å². The van der Waals surface area contributed by atoms with Gasteiger partial charge >= 0.3 is 5.69 Å². The van der Waals surface area contributed by atoms with Gasteiger partial charge in [-0.05, 0) is 55.3 Å². The van der Waals surface area contributed by atoms with E-state index in [1.54, 1.807) is 23.6 Å². The van der Waals surface area contributed by atoms with Crippen LogP contribution in [0.25, 0.3) is 10.2 Å². The summed E-state index contributed by atoms with van der Waals surface area (Å²) in [7, 11) is 0. The summed E-state index contributed by atoms with van der Waals surface area (Å²) in [5.41, 5.74) is 0.441. The average molecular weight is 442 g/mol. The summed E-state index contributed by atoms with van der Waals surface area (Å²) in [5, 5.41) is 1.78. The Hall–Kier alpha value is -3.07. The lowest BCUT2D eigenvalue weighted by molar-refractivity contribution is -0.135. The lowest BCUT2D eigenvalue weighted by Gasteiger charge is -2.33. The standard InChI is InChI=1S/C22H23N3O5S/c1-14-4-2-3-8-23(14)19(26)12-24-16-7-9-31-20(16)21(27)25(22(24)28)11-15-5-6-17-18(10-15)30-13-29-17/h5-7,9-10,14H,2-4,8,11-13H2,1H3/t14-/m1/s1. The Morgan fingerprint density at radius 1 is 1.13 bits per heavy atom. The van der Waals surface area contributed by atoms with Crippen molar-refractivity contribution in [3.8, 4) is 11.5 Å². The van der Waals surface area contributed by atoms with Gasteiger partial charge < -0.3 is 14.4 Å². The molecule has 1 saturated heterocycles. The maximum Gasteiger partial charge on any atom is 0.332 e. The van der Waals surface area contributed by atoms with Crippen LogP contribution in [0.4, 0.5) is 0 Å². The fourth-order valence-corrected chi connectivity index (χ4v) is 5.19. The van der Waals surface area contributed by atoms with Gasteiger partial charge in [-0.3, -0.25) is 18.7 Å². The number of benzene rings is 1. The molecule has 8 nitrogen and oxygen atoms in total. The van der Waals surface area contributed by atoms with Crippen LogP contribution in [-0.4, -0.2) is 39.3 Å². The van der Waals surface area contributed by atoms with Gasteiger partial charge in [0.25, 0.3) is 5.56 Å². The molecule has 1 aromatic carbocycles. The Morgan fingerprint density at radius 3 is 2.81 bits per heavy atom. The smallest absolute Gasteiger partial charge is 0.332 e. The van der Waals surface area contributed by atoms with E-state index in [0.29, 0.717) is 28.3 Å². The van der Waals surface area contributed by atoms with Crippen molar-refractivity contribution < 1.29 is 14.3 Å². The molecule has 0 aliphatic carbocycles. The zero-order valence-corrected chi connectivity index (χ0v) is 18.0. The Bertz CT molecular complexity index is 1270. The summed E-state index contributed by atoms with van der Waals surface area (Å²) >= 11 is 1.28. The van der Waals surface area contributed by atoms with Gasteiger partial charge in [0.15, 0.2) is 11.5 Å². The van der Waals surface area contributed by atoms with Crippen molar-refractivity contribution in [2.45, 2.75) is 45.3 Å². The second kappa shape index (κ2) is 7.88. The fraction of sp³-hybridized carbons (Fsp3) is 0.409. The molecule has 2 aliphatic rings. The molecular formula is C22H23N3O5S. The molecule has 1 fully saturated rings. The summed E-state index contributed by atoms with van der Waals surface area (Å²) in [6.07, 6.45) is 3.06. The first-order chi connectivity index (χ1) is 15.0. The number of nitrogens with zero attached hydrogens (tertiary/aromatic N) is 3. The third-order valence-electron chi connectivity index (χ3n) is 6.03. The normalized spacial score (nSPS) is 18.0. The number of hydrogen-bond acceptors (Lipinski definition) is 6. The Labute approximate surface area is 182 Å². The molecule has 0 saturated carbocycles. The number of hydrogen-bond donors (Lipinski definition) is 0. The molecule has 5 rings (SSSR count). The molecule has 9 heteroatoms. The number of rotatable bonds is 4. The van der Waals surface area contributed by atoms with E-state index < -0.39 is 5.69 Å². The van der Waals surface area contributed by atoms with Crippen molar-refractivity contribution in [2.75, 3.05) is 13.3 Å². The molecule has 4 heterocycles. The molecular weight excluding hydrogens is 418 g/mol. The van der Waals surface area contributed by atoms with Gasteiger partial charge in [0.1, 0.15) is 11.2 Å². The number of piperidine rings is 1. The number of fused-ring (bicyclic) bond motifs is 2. The zero-order chi connectivity index (χ0) is 21.5. The van der Waals surface area contributed by atoms with Crippen molar-refractivity contribution >= 4 is 27.5 Å². The molecule has 0 radical (unpaired) electrons. The van der Waals surface area contributed by atoms with Crippen molar-refractivity contribution in [3.05, 3.63) is 56.0 Å². The highest BCUT2D eigenvalue weighted by molar-refractivity contribution is 7.17. The fourth-order valence-electron chi connectivity index (χ4n) is 4.34. The first-order valence-electron chi connectivity index (χ1n) is 10.4. The largest absolute Gasteiger partial charge is 0.454 e. The number of carbonyl (C=O) groups excluding carboxylic acids is 1. The zero-order valence-electron chi connectivity index (χ0n) is 17.2. The maximum absolute atomic E-state index is 13.3. The molecule has 1 amide bonds. The first-order valence-corrected chi connectivity index (χ1v) is 11.3. The molecule has 0 spiro atoms.